The van der Waals surface area contributed by atoms with Crippen LogP contribution < -0.4 is 0 Å². The Morgan fingerprint density at radius 1 is 1.10 bits per heavy atom. The van der Waals surface area contributed by atoms with Crippen molar-refractivity contribution >= 4 is 17.7 Å². The molecule has 1 aliphatic rings. The zero-order valence-corrected chi connectivity index (χ0v) is 25.8. The molecule has 0 spiro atoms. The van der Waals surface area contributed by atoms with E-state index in [9.17, 15) is 9.90 Å². The van der Waals surface area contributed by atoms with Crippen LogP contribution in [0, 0.1) is 0 Å². The first-order chi connectivity index (χ1) is 19.3. The quantitative estimate of drug-likeness (QED) is 0.226. The summed E-state index contributed by atoms with van der Waals surface area (Å²) in [6.45, 7) is 7.43. The van der Waals surface area contributed by atoms with Gasteiger partial charge in [0, 0.05) is 37.0 Å². The van der Waals surface area contributed by atoms with E-state index in [1.807, 2.05) is 34.9 Å². The van der Waals surface area contributed by atoms with E-state index in [1.165, 1.54) is 5.56 Å². The Bertz CT molecular complexity index is 1030. The van der Waals surface area contributed by atoms with E-state index in [0.717, 1.165) is 55.0 Å². The molecule has 0 saturated carbocycles. The van der Waals surface area contributed by atoms with Gasteiger partial charge in [-0.15, -0.1) is 0 Å². The average Bonchev–Trinajstić information content (AvgIpc) is 2.98. The fourth-order valence-corrected chi connectivity index (χ4v) is 6.26. The molecule has 40 heavy (non-hydrogen) atoms. The lowest BCUT2D eigenvalue weighted by molar-refractivity contribution is -0.149. The Morgan fingerprint density at radius 2 is 1.80 bits per heavy atom. The molecule has 222 valence electrons. The van der Waals surface area contributed by atoms with Crippen LogP contribution >= 0.6 is 11.8 Å². The molecule has 2 aromatic rings. The molecule has 2 aromatic carbocycles. The number of piperidine rings is 1. The summed E-state index contributed by atoms with van der Waals surface area (Å²) in [5.41, 5.74) is 3.17. The average molecular weight is 573 g/mol. The SMILES string of the molecule is CCSC[C@@H](C)N(CC(OC)OC)C(=O)CCOCCc1ccc(O)c(C2(c3ccccc3)CCN(C)CC2)c1. The van der Waals surface area contributed by atoms with Gasteiger partial charge in [-0.2, -0.15) is 11.8 Å². The molecule has 1 aliphatic heterocycles. The third-order valence-corrected chi connectivity index (χ3v) is 9.15. The van der Waals surface area contributed by atoms with Gasteiger partial charge in [-0.25, -0.2) is 0 Å². The van der Waals surface area contributed by atoms with E-state index in [0.29, 0.717) is 31.9 Å². The molecule has 1 amide bonds. The van der Waals surface area contributed by atoms with Crippen LogP contribution in [0.15, 0.2) is 48.5 Å². The summed E-state index contributed by atoms with van der Waals surface area (Å²) in [5, 5.41) is 11.0. The fraction of sp³-hybridized carbons (Fsp3) is 0.594. The number of hydrogen-bond donors (Lipinski definition) is 1. The molecule has 1 fully saturated rings. The minimum Gasteiger partial charge on any atom is -0.508 e. The molecular weight excluding hydrogens is 524 g/mol. The molecule has 8 heteroatoms. The zero-order chi connectivity index (χ0) is 29.0. The van der Waals surface area contributed by atoms with Crippen LogP contribution in [0.3, 0.4) is 0 Å². The van der Waals surface area contributed by atoms with Crippen molar-refractivity contribution in [3.63, 3.8) is 0 Å². The van der Waals surface area contributed by atoms with Crippen LogP contribution in [0.2, 0.25) is 0 Å². The third kappa shape index (κ3) is 8.70. The number of hydrogen-bond acceptors (Lipinski definition) is 7. The van der Waals surface area contributed by atoms with Gasteiger partial charge in [-0.1, -0.05) is 49.4 Å². The van der Waals surface area contributed by atoms with Crippen LogP contribution in [-0.4, -0.2) is 98.8 Å². The van der Waals surface area contributed by atoms with Crippen molar-refractivity contribution in [3.8, 4) is 5.75 Å². The van der Waals surface area contributed by atoms with E-state index in [2.05, 4.69) is 56.1 Å². The lowest BCUT2D eigenvalue weighted by atomic mass is 9.67. The summed E-state index contributed by atoms with van der Waals surface area (Å²) in [6, 6.07) is 16.6. The van der Waals surface area contributed by atoms with Crippen molar-refractivity contribution in [2.45, 2.75) is 57.3 Å². The molecule has 1 N–H and O–H groups in total. The predicted octanol–water partition coefficient (Wildman–Crippen LogP) is 4.94. The van der Waals surface area contributed by atoms with Gasteiger partial charge < -0.3 is 29.1 Å². The molecular formula is C32H48N2O5S. The highest BCUT2D eigenvalue weighted by atomic mass is 32.2. The zero-order valence-electron chi connectivity index (χ0n) is 24.9. The van der Waals surface area contributed by atoms with Crippen molar-refractivity contribution in [2.24, 2.45) is 0 Å². The lowest BCUT2D eigenvalue weighted by Crippen LogP contribution is -2.45. The van der Waals surface area contributed by atoms with Crippen molar-refractivity contribution in [3.05, 3.63) is 65.2 Å². The summed E-state index contributed by atoms with van der Waals surface area (Å²) in [5.74, 6) is 2.27. The maximum atomic E-state index is 13.1. The van der Waals surface area contributed by atoms with E-state index in [-0.39, 0.29) is 17.4 Å². The van der Waals surface area contributed by atoms with E-state index < -0.39 is 6.29 Å². The second kappa shape index (κ2) is 16.4. The first kappa shape index (κ1) is 32.4. The Morgan fingerprint density at radius 3 is 2.45 bits per heavy atom. The number of ether oxygens (including phenoxy) is 3. The van der Waals surface area contributed by atoms with Crippen LogP contribution in [0.1, 0.15) is 49.8 Å². The number of likely N-dealkylation sites (tertiary alicyclic amines) is 1. The maximum Gasteiger partial charge on any atom is 0.225 e. The van der Waals surface area contributed by atoms with Gasteiger partial charge in [-0.05, 0) is 69.3 Å². The van der Waals surface area contributed by atoms with Gasteiger partial charge in [0.1, 0.15) is 5.75 Å². The first-order valence-electron chi connectivity index (χ1n) is 14.4. The number of rotatable bonds is 16. The second-order valence-electron chi connectivity index (χ2n) is 10.7. The largest absolute Gasteiger partial charge is 0.508 e. The minimum atomic E-state index is -0.452. The summed E-state index contributed by atoms with van der Waals surface area (Å²) < 4.78 is 16.6. The van der Waals surface area contributed by atoms with Gasteiger partial charge in [-0.3, -0.25) is 4.79 Å². The highest BCUT2D eigenvalue weighted by molar-refractivity contribution is 7.99. The number of carbonyl (C=O) groups is 1. The van der Waals surface area contributed by atoms with Crippen LogP contribution in [0.5, 0.6) is 5.75 Å². The molecule has 0 bridgehead atoms. The number of methoxy groups -OCH3 is 2. The van der Waals surface area contributed by atoms with Crippen LogP contribution in [-0.2, 0) is 30.8 Å². The molecule has 0 aliphatic carbocycles. The van der Waals surface area contributed by atoms with Gasteiger partial charge in [0.15, 0.2) is 6.29 Å². The Hall–Kier alpha value is -2.10. The topological polar surface area (TPSA) is 71.5 Å². The number of nitrogens with zero attached hydrogens (tertiary/aromatic N) is 2. The van der Waals surface area contributed by atoms with Crippen molar-refractivity contribution in [2.75, 3.05) is 65.6 Å². The Balaban J connectivity index is 1.61. The molecule has 1 heterocycles. The summed E-state index contributed by atoms with van der Waals surface area (Å²) in [4.78, 5) is 17.3. The molecule has 0 radical (unpaired) electrons. The first-order valence-corrected chi connectivity index (χ1v) is 15.6. The summed E-state index contributed by atoms with van der Waals surface area (Å²) in [7, 11) is 5.34. The van der Waals surface area contributed by atoms with E-state index in [4.69, 9.17) is 14.2 Å². The Kier molecular flexibility index (Phi) is 13.3. The Labute approximate surface area is 245 Å². The van der Waals surface area contributed by atoms with Gasteiger partial charge in [0.25, 0.3) is 0 Å². The van der Waals surface area contributed by atoms with Gasteiger partial charge in [0.2, 0.25) is 5.91 Å². The number of benzene rings is 2. The maximum absolute atomic E-state index is 13.1. The molecule has 0 unspecified atom stereocenters. The number of aromatic hydroxyl groups is 1. The number of phenolic OH excluding ortho intramolecular Hbond substituents is 1. The van der Waals surface area contributed by atoms with Gasteiger partial charge >= 0.3 is 0 Å². The minimum absolute atomic E-state index is 0.0438. The fourth-order valence-electron chi connectivity index (χ4n) is 5.50. The van der Waals surface area contributed by atoms with Crippen molar-refractivity contribution in [1.82, 2.24) is 9.80 Å². The number of amides is 1. The number of carbonyl (C=O) groups excluding carboxylic acids is 1. The van der Waals surface area contributed by atoms with E-state index >= 15 is 0 Å². The highest BCUT2D eigenvalue weighted by Crippen LogP contribution is 2.45. The summed E-state index contributed by atoms with van der Waals surface area (Å²) >= 11 is 1.82. The smallest absolute Gasteiger partial charge is 0.225 e. The molecule has 0 aromatic heterocycles. The van der Waals surface area contributed by atoms with E-state index in [1.54, 1.807) is 14.2 Å². The molecule has 1 saturated heterocycles. The number of phenols is 1. The second-order valence-corrected chi connectivity index (χ2v) is 12.0. The molecule has 7 nitrogen and oxygen atoms in total. The van der Waals surface area contributed by atoms with Crippen molar-refractivity contribution < 1.29 is 24.1 Å². The number of thioether (sulfide) groups is 1. The predicted molar refractivity (Wildman–Crippen MR) is 163 cm³/mol. The normalized spacial score (nSPS) is 16.2. The lowest BCUT2D eigenvalue weighted by Gasteiger charge is -2.42. The molecule has 1 atom stereocenters. The van der Waals surface area contributed by atoms with Crippen LogP contribution in [0.4, 0.5) is 0 Å². The van der Waals surface area contributed by atoms with Crippen LogP contribution in [0.25, 0.3) is 0 Å². The highest BCUT2D eigenvalue weighted by Gasteiger charge is 2.39. The third-order valence-electron chi connectivity index (χ3n) is 8.03. The monoisotopic (exact) mass is 572 g/mol. The standard InChI is InChI=1S/C32H48N2O5S/c1-6-40-24-25(2)34(23-31(37-4)38-5)30(36)15-21-39-20-14-26-12-13-29(35)28(22-26)32(16-18-33(3)19-17-32)27-10-8-7-9-11-27/h7-13,22,25,31,35H,6,14-21,23-24H2,1-5H3/t25-/m1/s1. The molecule has 3 rings (SSSR count). The van der Waals surface area contributed by atoms with Gasteiger partial charge in [0.05, 0.1) is 26.2 Å². The van der Waals surface area contributed by atoms with Crippen molar-refractivity contribution in [1.29, 1.82) is 0 Å². The summed E-state index contributed by atoms with van der Waals surface area (Å²) in [6.07, 6.45) is 2.50.